The second kappa shape index (κ2) is 9.56. The number of rotatable bonds is 8. The van der Waals surface area contributed by atoms with Gasteiger partial charge in [0.15, 0.2) is 0 Å². The fourth-order valence-electron chi connectivity index (χ4n) is 3.32. The molecule has 0 bridgehead atoms. The second-order valence-corrected chi connectivity index (χ2v) is 7.69. The maximum atomic E-state index is 11.9. The van der Waals surface area contributed by atoms with Crippen LogP contribution in [0.25, 0.3) is 5.57 Å². The lowest BCUT2D eigenvalue weighted by molar-refractivity contribution is -0.133. The fourth-order valence-corrected chi connectivity index (χ4v) is 3.32. The molecule has 0 unspecified atom stereocenters. The van der Waals surface area contributed by atoms with Crippen molar-refractivity contribution in [2.75, 3.05) is 6.61 Å². The zero-order valence-corrected chi connectivity index (χ0v) is 16.9. The smallest absolute Gasteiger partial charge is 0.338 e. The first-order valence-electron chi connectivity index (χ1n) is 9.68. The Morgan fingerprint density at radius 1 is 1.15 bits per heavy atom. The molecule has 0 aromatic heterocycles. The summed E-state index contributed by atoms with van der Waals surface area (Å²) in [6.45, 7) is 11.4. The quantitative estimate of drug-likeness (QED) is 0.401. The van der Waals surface area contributed by atoms with Crippen LogP contribution < -0.4 is 0 Å². The number of carbonyl (C=O) groups is 1. The van der Waals surface area contributed by atoms with Gasteiger partial charge in [-0.3, -0.25) is 0 Å². The Hall–Kier alpha value is -2.09. The van der Waals surface area contributed by atoms with Gasteiger partial charge in [0.05, 0.1) is 5.57 Å². The van der Waals surface area contributed by atoms with Crippen molar-refractivity contribution in [3.8, 4) is 0 Å². The van der Waals surface area contributed by atoms with Gasteiger partial charge in [-0.05, 0) is 75.1 Å². The average Bonchev–Trinajstić information content (AvgIpc) is 3.00. The topological polar surface area (TPSA) is 26.3 Å². The van der Waals surface area contributed by atoms with Crippen molar-refractivity contribution in [2.24, 2.45) is 0 Å². The first-order chi connectivity index (χ1) is 12.4. The molecule has 0 radical (unpaired) electrons. The number of cyclic esters (lactones) is 1. The Balaban J connectivity index is 2.09. The third kappa shape index (κ3) is 5.72. The van der Waals surface area contributed by atoms with E-state index in [2.05, 4.69) is 65.0 Å². The second-order valence-electron chi connectivity index (χ2n) is 7.69. The summed E-state index contributed by atoms with van der Waals surface area (Å²) in [5.41, 5.74) is 7.23. The van der Waals surface area contributed by atoms with E-state index in [1.54, 1.807) is 0 Å². The van der Waals surface area contributed by atoms with E-state index in [4.69, 9.17) is 4.74 Å². The molecule has 0 fully saturated rings. The maximum absolute atomic E-state index is 11.9. The van der Waals surface area contributed by atoms with Crippen LogP contribution in [-0.2, 0) is 16.0 Å². The molecule has 140 valence electrons. The van der Waals surface area contributed by atoms with E-state index < -0.39 is 0 Å². The van der Waals surface area contributed by atoms with Gasteiger partial charge in [-0.15, -0.1) is 0 Å². The summed E-state index contributed by atoms with van der Waals surface area (Å²) in [6.07, 6.45) is 10.8. The van der Waals surface area contributed by atoms with Gasteiger partial charge in [0.2, 0.25) is 0 Å². The van der Waals surface area contributed by atoms with Crippen LogP contribution in [0.15, 0.2) is 47.6 Å². The molecule has 0 N–H and O–H groups in total. The van der Waals surface area contributed by atoms with Gasteiger partial charge in [0, 0.05) is 0 Å². The van der Waals surface area contributed by atoms with E-state index in [0.29, 0.717) is 18.1 Å². The Morgan fingerprint density at radius 2 is 1.92 bits per heavy atom. The summed E-state index contributed by atoms with van der Waals surface area (Å²) in [5.74, 6) is 0.273. The molecule has 0 saturated heterocycles. The van der Waals surface area contributed by atoms with Crippen LogP contribution in [0.5, 0.6) is 0 Å². The summed E-state index contributed by atoms with van der Waals surface area (Å²) < 4.78 is 5.06. The van der Waals surface area contributed by atoms with Crippen molar-refractivity contribution in [1.82, 2.24) is 0 Å². The summed E-state index contributed by atoms with van der Waals surface area (Å²) in [6, 6.07) is 6.41. The molecule has 1 aliphatic heterocycles. The van der Waals surface area contributed by atoms with Gasteiger partial charge in [-0.1, -0.05) is 55.3 Å². The lowest BCUT2D eigenvalue weighted by atomic mass is 9.90. The van der Waals surface area contributed by atoms with Crippen molar-refractivity contribution >= 4 is 11.5 Å². The highest BCUT2D eigenvalue weighted by Gasteiger charge is 2.19. The number of ether oxygens (including phenoxy) is 1. The summed E-state index contributed by atoms with van der Waals surface area (Å²) in [4.78, 5) is 11.9. The molecule has 2 nitrogen and oxygen atoms in total. The highest BCUT2D eigenvalue weighted by Crippen LogP contribution is 2.27. The molecular weight excluding hydrogens is 320 g/mol. The number of allylic oxidation sites excluding steroid dienone is 4. The minimum atomic E-state index is -0.205. The Morgan fingerprint density at radius 3 is 2.54 bits per heavy atom. The number of hydrogen-bond donors (Lipinski definition) is 0. The largest absolute Gasteiger partial charge is 0.458 e. The monoisotopic (exact) mass is 352 g/mol. The third-order valence-electron chi connectivity index (χ3n) is 4.80. The Labute approximate surface area is 158 Å². The molecular formula is C24H32O2. The van der Waals surface area contributed by atoms with Crippen LogP contribution >= 0.6 is 0 Å². The van der Waals surface area contributed by atoms with E-state index in [1.807, 2.05) is 6.08 Å². The van der Waals surface area contributed by atoms with Crippen LogP contribution in [0.2, 0.25) is 0 Å². The van der Waals surface area contributed by atoms with E-state index >= 15 is 0 Å². The predicted molar refractivity (Wildman–Crippen MR) is 110 cm³/mol. The lowest BCUT2D eigenvalue weighted by Crippen LogP contribution is -2.02. The molecule has 0 atom stereocenters. The molecule has 1 aromatic carbocycles. The molecule has 0 spiro atoms. The van der Waals surface area contributed by atoms with Crippen molar-refractivity contribution in [3.63, 3.8) is 0 Å². The zero-order chi connectivity index (χ0) is 19.1. The molecule has 26 heavy (non-hydrogen) atoms. The highest BCUT2D eigenvalue weighted by molar-refractivity contribution is 6.18. The molecule has 1 heterocycles. The molecule has 2 rings (SSSR count). The van der Waals surface area contributed by atoms with Crippen molar-refractivity contribution in [1.29, 1.82) is 0 Å². The van der Waals surface area contributed by atoms with Crippen LogP contribution in [0.1, 0.15) is 76.5 Å². The number of hydrogen-bond acceptors (Lipinski definition) is 2. The first-order valence-corrected chi connectivity index (χ1v) is 9.68. The standard InChI is InChI=1S/C24H32O2/c1-17(2)8-6-9-19(5)10-7-11-20-16-21(12-13-22(20)18(3)4)23-14-15-26-24(23)25/h8,10,12-14,16,18H,6-7,9,11,15H2,1-5H3/b19-10+. The predicted octanol–water partition coefficient (Wildman–Crippen LogP) is 6.38. The minimum absolute atomic E-state index is 0.205. The molecule has 1 aromatic rings. The first kappa shape index (κ1) is 20.2. The maximum Gasteiger partial charge on any atom is 0.338 e. The minimum Gasteiger partial charge on any atom is -0.458 e. The molecule has 0 saturated carbocycles. The van der Waals surface area contributed by atoms with E-state index in [9.17, 15) is 4.79 Å². The molecule has 0 amide bonds. The number of carbonyl (C=O) groups excluding carboxylic acids is 1. The lowest BCUT2D eigenvalue weighted by Gasteiger charge is -2.14. The Bertz CT molecular complexity index is 729. The molecule has 2 heteroatoms. The third-order valence-corrected chi connectivity index (χ3v) is 4.80. The number of aryl methyl sites for hydroxylation is 1. The molecule has 0 aliphatic carbocycles. The van der Waals surface area contributed by atoms with Crippen molar-refractivity contribution in [3.05, 3.63) is 64.3 Å². The van der Waals surface area contributed by atoms with Crippen LogP contribution in [0.4, 0.5) is 0 Å². The summed E-state index contributed by atoms with van der Waals surface area (Å²) >= 11 is 0. The van der Waals surface area contributed by atoms with Crippen LogP contribution in [-0.4, -0.2) is 12.6 Å². The van der Waals surface area contributed by atoms with Gasteiger partial charge in [0.1, 0.15) is 6.61 Å². The number of benzene rings is 1. The Kier molecular flexibility index (Phi) is 7.44. The summed E-state index contributed by atoms with van der Waals surface area (Å²) in [5, 5.41) is 0. The van der Waals surface area contributed by atoms with Crippen LogP contribution in [0, 0.1) is 0 Å². The summed E-state index contributed by atoms with van der Waals surface area (Å²) in [7, 11) is 0. The zero-order valence-electron chi connectivity index (χ0n) is 16.9. The van der Waals surface area contributed by atoms with E-state index in [-0.39, 0.29) is 5.97 Å². The van der Waals surface area contributed by atoms with Crippen molar-refractivity contribution < 1.29 is 9.53 Å². The van der Waals surface area contributed by atoms with Gasteiger partial charge in [0.25, 0.3) is 0 Å². The van der Waals surface area contributed by atoms with Gasteiger partial charge < -0.3 is 4.74 Å². The van der Waals surface area contributed by atoms with E-state index in [1.165, 1.54) is 22.3 Å². The van der Waals surface area contributed by atoms with Gasteiger partial charge in [-0.2, -0.15) is 0 Å². The highest BCUT2D eigenvalue weighted by atomic mass is 16.5. The van der Waals surface area contributed by atoms with Gasteiger partial charge in [-0.25, -0.2) is 4.79 Å². The SMILES string of the molecule is CC(C)=CCC/C(C)=C/CCc1cc(C2=CCOC2=O)ccc1C(C)C. The normalized spacial score (nSPS) is 14.5. The number of esters is 1. The van der Waals surface area contributed by atoms with Crippen LogP contribution in [0.3, 0.4) is 0 Å². The average molecular weight is 353 g/mol. The fraction of sp³-hybridized carbons (Fsp3) is 0.458. The van der Waals surface area contributed by atoms with Gasteiger partial charge >= 0.3 is 5.97 Å². The van der Waals surface area contributed by atoms with E-state index in [0.717, 1.165) is 31.2 Å². The van der Waals surface area contributed by atoms with Crippen molar-refractivity contribution in [2.45, 2.75) is 66.2 Å². The molecule has 1 aliphatic rings.